The van der Waals surface area contributed by atoms with Gasteiger partial charge in [-0.15, -0.1) is 0 Å². The molecule has 0 aromatic carbocycles. The molecule has 0 unspecified atom stereocenters. The SMILES string of the molecule is O=C(NCC[C@H](O)C(=O)O)NCc1ncn[nH]1. The van der Waals surface area contributed by atoms with Crippen molar-refractivity contribution in [3.05, 3.63) is 12.2 Å². The summed E-state index contributed by atoms with van der Waals surface area (Å²) < 4.78 is 0. The molecule has 0 bridgehead atoms. The topological polar surface area (TPSA) is 140 Å². The van der Waals surface area contributed by atoms with Crippen molar-refractivity contribution in [2.24, 2.45) is 0 Å². The maximum atomic E-state index is 11.2. The number of hydrogen-bond donors (Lipinski definition) is 5. The van der Waals surface area contributed by atoms with Gasteiger partial charge < -0.3 is 20.8 Å². The van der Waals surface area contributed by atoms with Crippen LogP contribution < -0.4 is 10.6 Å². The molecule has 0 saturated heterocycles. The van der Waals surface area contributed by atoms with Gasteiger partial charge in [0.15, 0.2) is 6.10 Å². The molecule has 1 rings (SSSR count). The Balaban J connectivity index is 2.11. The average Bonchev–Trinajstić information content (AvgIpc) is 2.78. The van der Waals surface area contributed by atoms with E-state index in [1.54, 1.807) is 0 Å². The number of aliphatic carboxylic acids is 1. The van der Waals surface area contributed by atoms with E-state index in [9.17, 15) is 9.59 Å². The Labute approximate surface area is 96.2 Å². The molecule has 1 aromatic rings. The molecule has 0 spiro atoms. The van der Waals surface area contributed by atoms with Gasteiger partial charge in [0, 0.05) is 13.0 Å². The Morgan fingerprint density at radius 2 is 2.24 bits per heavy atom. The molecular formula is C8H13N5O4. The minimum atomic E-state index is -1.47. The number of carbonyl (C=O) groups excluding carboxylic acids is 1. The highest BCUT2D eigenvalue weighted by atomic mass is 16.4. The fourth-order valence-electron chi connectivity index (χ4n) is 0.988. The van der Waals surface area contributed by atoms with Gasteiger partial charge in [0.2, 0.25) is 0 Å². The van der Waals surface area contributed by atoms with Crippen molar-refractivity contribution < 1.29 is 19.8 Å². The second-order valence-corrected chi connectivity index (χ2v) is 3.18. The lowest BCUT2D eigenvalue weighted by Gasteiger charge is -2.07. The van der Waals surface area contributed by atoms with Gasteiger partial charge >= 0.3 is 12.0 Å². The molecule has 9 nitrogen and oxygen atoms in total. The second kappa shape index (κ2) is 6.43. The van der Waals surface area contributed by atoms with Gasteiger partial charge in [-0.05, 0) is 0 Å². The van der Waals surface area contributed by atoms with Crippen molar-refractivity contribution in [2.75, 3.05) is 6.54 Å². The normalized spacial score (nSPS) is 11.8. The van der Waals surface area contributed by atoms with Gasteiger partial charge in [0.05, 0.1) is 6.54 Å². The molecule has 5 N–H and O–H groups in total. The molecule has 94 valence electrons. The number of carboxylic acids is 1. The highest BCUT2D eigenvalue weighted by Gasteiger charge is 2.12. The molecule has 1 heterocycles. The van der Waals surface area contributed by atoms with E-state index in [0.29, 0.717) is 5.82 Å². The fraction of sp³-hybridized carbons (Fsp3) is 0.500. The van der Waals surface area contributed by atoms with Crippen molar-refractivity contribution in [1.29, 1.82) is 0 Å². The predicted octanol–water partition coefficient (Wildman–Crippen LogP) is -1.56. The molecule has 1 aromatic heterocycles. The first-order valence-electron chi connectivity index (χ1n) is 4.86. The lowest BCUT2D eigenvalue weighted by atomic mass is 10.2. The summed E-state index contributed by atoms with van der Waals surface area (Å²) in [5, 5.41) is 28.3. The number of aromatic nitrogens is 3. The van der Waals surface area contributed by atoms with Crippen LogP contribution in [0.1, 0.15) is 12.2 Å². The van der Waals surface area contributed by atoms with Crippen LogP contribution in [0.25, 0.3) is 0 Å². The minimum absolute atomic E-state index is 0.0505. The summed E-state index contributed by atoms with van der Waals surface area (Å²) in [7, 11) is 0. The molecule has 2 amide bonds. The Morgan fingerprint density at radius 3 is 2.82 bits per heavy atom. The van der Waals surface area contributed by atoms with Crippen molar-refractivity contribution in [3.63, 3.8) is 0 Å². The quantitative estimate of drug-likeness (QED) is 0.409. The van der Waals surface area contributed by atoms with Gasteiger partial charge in [-0.2, -0.15) is 5.10 Å². The number of urea groups is 1. The summed E-state index contributed by atoms with van der Waals surface area (Å²) in [5.41, 5.74) is 0. The van der Waals surface area contributed by atoms with Crippen LogP contribution in [0.5, 0.6) is 0 Å². The number of nitrogens with zero attached hydrogens (tertiary/aromatic N) is 2. The Morgan fingerprint density at radius 1 is 1.47 bits per heavy atom. The zero-order chi connectivity index (χ0) is 12.7. The lowest BCUT2D eigenvalue weighted by molar-refractivity contribution is -0.146. The Bertz CT molecular complexity index is 366. The molecule has 0 radical (unpaired) electrons. The van der Waals surface area contributed by atoms with Crippen LogP contribution in [-0.4, -0.2) is 50.0 Å². The van der Waals surface area contributed by atoms with Crippen LogP contribution in [-0.2, 0) is 11.3 Å². The van der Waals surface area contributed by atoms with Gasteiger partial charge in [0.1, 0.15) is 12.2 Å². The number of carboxylic acid groups (broad SMARTS) is 1. The van der Waals surface area contributed by atoms with E-state index in [2.05, 4.69) is 25.8 Å². The van der Waals surface area contributed by atoms with E-state index >= 15 is 0 Å². The van der Waals surface area contributed by atoms with Gasteiger partial charge in [-0.1, -0.05) is 0 Å². The fourth-order valence-corrected chi connectivity index (χ4v) is 0.988. The Hall–Kier alpha value is -2.16. The third-order valence-electron chi connectivity index (χ3n) is 1.87. The number of rotatable bonds is 6. The van der Waals surface area contributed by atoms with Gasteiger partial charge in [-0.3, -0.25) is 5.10 Å². The standard InChI is InChI=1S/C8H13N5O4/c14-5(7(15)16)1-2-9-8(17)10-3-6-11-4-12-13-6/h4-5,14H,1-3H2,(H,15,16)(H2,9,10,17)(H,11,12,13)/t5-/m0/s1. The Kier molecular flexibility index (Phi) is 4.88. The summed E-state index contributed by atoms with van der Waals surface area (Å²) in [6, 6.07) is -0.473. The highest BCUT2D eigenvalue weighted by molar-refractivity contribution is 5.74. The van der Waals surface area contributed by atoms with Crippen LogP contribution in [0.2, 0.25) is 0 Å². The summed E-state index contributed by atoms with van der Waals surface area (Å²) in [6.07, 6.45) is -0.201. The van der Waals surface area contributed by atoms with E-state index < -0.39 is 18.1 Å². The van der Waals surface area contributed by atoms with Crippen LogP contribution in [0.4, 0.5) is 4.79 Å². The van der Waals surface area contributed by atoms with E-state index in [-0.39, 0.29) is 19.5 Å². The first-order chi connectivity index (χ1) is 8.09. The second-order valence-electron chi connectivity index (χ2n) is 3.18. The van der Waals surface area contributed by atoms with Crippen LogP contribution >= 0.6 is 0 Å². The number of aromatic amines is 1. The van der Waals surface area contributed by atoms with Crippen LogP contribution in [0.15, 0.2) is 6.33 Å². The smallest absolute Gasteiger partial charge is 0.332 e. The predicted molar refractivity (Wildman–Crippen MR) is 54.9 cm³/mol. The molecule has 1 atom stereocenters. The van der Waals surface area contributed by atoms with Crippen molar-refractivity contribution >= 4 is 12.0 Å². The number of aliphatic hydroxyl groups is 1. The molecule has 0 aliphatic carbocycles. The molecule has 0 fully saturated rings. The molecule has 9 heteroatoms. The van der Waals surface area contributed by atoms with Crippen molar-refractivity contribution in [3.8, 4) is 0 Å². The third kappa shape index (κ3) is 4.93. The van der Waals surface area contributed by atoms with E-state index in [1.807, 2.05) is 0 Å². The first kappa shape index (κ1) is 12.9. The lowest BCUT2D eigenvalue weighted by Crippen LogP contribution is -2.37. The number of aliphatic hydroxyl groups excluding tert-OH is 1. The van der Waals surface area contributed by atoms with Gasteiger partial charge in [-0.25, -0.2) is 14.6 Å². The number of hydrogen-bond acceptors (Lipinski definition) is 5. The molecule has 0 aliphatic rings. The average molecular weight is 243 g/mol. The zero-order valence-electron chi connectivity index (χ0n) is 8.88. The monoisotopic (exact) mass is 243 g/mol. The van der Waals surface area contributed by atoms with Crippen LogP contribution in [0.3, 0.4) is 0 Å². The van der Waals surface area contributed by atoms with E-state index in [4.69, 9.17) is 10.2 Å². The van der Waals surface area contributed by atoms with Crippen molar-refractivity contribution in [2.45, 2.75) is 19.1 Å². The summed E-state index contributed by atoms with van der Waals surface area (Å²) >= 11 is 0. The number of carbonyl (C=O) groups is 2. The van der Waals surface area contributed by atoms with Crippen molar-refractivity contribution in [1.82, 2.24) is 25.8 Å². The minimum Gasteiger partial charge on any atom is -0.479 e. The largest absolute Gasteiger partial charge is 0.479 e. The van der Waals surface area contributed by atoms with E-state index in [0.717, 1.165) is 0 Å². The zero-order valence-corrected chi connectivity index (χ0v) is 8.88. The van der Waals surface area contributed by atoms with E-state index in [1.165, 1.54) is 6.33 Å². The molecular weight excluding hydrogens is 230 g/mol. The van der Waals surface area contributed by atoms with Crippen LogP contribution in [0, 0.1) is 0 Å². The molecule has 0 saturated carbocycles. The maximum absolute atomic E-state index is 11.2. The highest BCUT2D eigenvalue weighted by Crippen LogP contribution is 1.89. The van der Waals surface area contributed by atoms with Gasteiger partial charge in [0.25, 0.3) is 0 Å². The third-order valence-corrected chi connectivity index (χ3v) is 1.87. The number of amides is 2. The summed E-state index contributed by atoms with van der Waals surface area (Å²) in [6.45, 7) is 0.253. The molecule has 0 aliphatic heterocycles. The first-order valence-corrected chi connectivity index (χ1v) is 4.86. The summed E-state index contributed by atoms with van der Waals surface area (Å²) in [4.78, 5) is 25.2. The summed E-state index contributed by atoms with van der Waals surface area (Å²) in [5.74, 6) is -0.806. The number of nitrogens with one attached hydrogen (secondary N) is 3. The maximum Gasteiger partial charge on any atom is 0.332 e. The number of H-pyrrole nitrogens is 1. The molecule has 17 heavy (non-hydrogen) atoms.